The number of rotatable bonds is 2. The van der Waals surface area contributed by atoms with Crippen molar-refractivity contribution in [2.75, 3.05) is 44.7 Å². The number of anilines is 1. The Balaban J connectivity index is 1.61. The fourth-order valence-corrected chi connectivity index (χ4v) is 3.33. The summed E-state index contributed by atoms with van der Waals surface area (Å²) in [4.78, 5) is 28.6. The van der Waals surface area contributed by atoms with Gasteiger partial charge in [0.05, 0.1) is 19.1 Å². The van der Waals surface area contributed by atoms with E-state index in [-0.39, 0.29) is 23.7 Å². The summed E-state index contributed by atoms with van der Waals surface area (Å²) in [5.41, 5.74) is 1.26. The Morgan fingerprint density at radius 2 is 1.96 bits per heavy atom. The Kier molecular flexibility index (Phi) is 5.53. The van der Waals surface area contributed by atoms with Crippen molar-refractivity contribution in [1.29, 1.82) is 0 Å². The van der Waals surface area contributed by atoms with E-state index in [1.807, 2.05) is 11.8 Å². The Labute approximate surface area is 146 Å². The second-order valence-electron chi connectivity index (χ2n) is 6.61. The van der Waals surface area contributed by atoms with Gasteiger partial charge in [-0.05, 0) is 37.5 Å². The average Bonchev–Trinajstić information content (AvgIpc) is 2.65. The van der Waals surface area contributed by atoms with Crippen LogP contribution in [-0.2, 0) is 9.53 Å². The van der Waals surface area contributed by atoms with Crippen molar-refractivity contribution in [3.8, 4) is 0 Å². The largest absolute Gasteiger partial charge is 0.378 e. The number of carbonyl (C=O) groups is 2. The monoisotopic (exact) mass is 349 g/mol. The lowest BCUT2D eigenvalue weighted by Gasteiger charge is -2.36. The maximum Gasteiger partial charge on any atom is 0.321 e. The van der Waals surface area contributed by atoms with E-state index in [1.54, 1.807) is 11.0 Å². The third-order valence-electron chi connectivity index (χ3n) is 4.82. The second-order valence-corrected chi connectivity index (χ2v) is 6.61. The Hall–Kier alpha value is -2.15. The van der Waals surface area contributed by atoms with Gasteiger partial charge < -0.3 is 19.9 Å². The standard InChI is InChI=1S/C18H24FN3O3/c1-13-4-5-15(19)11-16(13)20-18(24)22-6-2-3-14(12-22)17(23)21-7-9-25-10-8-21/h4-5,11,14H,2-3,6-10,12H2,1H3,(H,20,24)/t14-/m1/s1. The maximum absolute atomic E-state index is 13.4. The van der Waals surface area contributed by atoms with Crippen molar-refractivity contribution in [3.05, 3.63) is 29.6 Å². The van der Waals surface area contributed by atoms with Crippen LogP contribution in [0, 0.1) is 18.7 Å². The van der Waals surface area contributed by atoms with E-state index in [2.05, 4.69) is 5.32 Å². The van der Waals surface area contributed by atoms with E-state index in [9.17, 15) is 14.0 Å². The molecule has 2 heterocycles. The van der Waals surface area contributed by atoms with Crippen LogP contribution in [-0.4, -0.2) is 61.1 Å². The van der Waals surface area contributed by atoms with Gasteiger partial charge in [-0.3, -0.25) is 4.79 Å². The zero-order valence-corrected chi connectivity index (χ0v) is 14.5. The molecular formula is C18H24FN3O3. The van der Waals surface area contributed by atoms with Gasteiger partial charge in [0.2, 0.25) is 5.91 Å². The number of nitrogens with one attached hydrogen (secondary N) is 1. The van der Waals surface area contributed by atoms with E-state index in [4.69, 9.17) is 4.74 Å². The zero-order valence-electron chi connectivity index (χ0n) is 14.5. The molecule has 0 aromatic heterocycles. The molecule has 1 aromatic carbocycles. The molecule has 136 valence electrons. The first-order chi connectivity index (χ1) is 12.0. The topological polar surface area (TPSA) is 61.9 Å². The van der Waals surface area contributed by atoms with Crippen LogP contribution < -0.4 is 5.32 Å². The zero-order chi connectivity index (χ0) is 17.8. The highest BCUT2D eigenvalue weighted by Crippen LogP contribution is 2.22. The fourth-order valence-electron chi connectivity index (χ4n) is 3.33. The molecule has 0 radical (unpaired) electrons. The van der Waals surface area contributed by atoms with Gasteiger partial charge >= 0.3 is 6.03 Å². The quantitative estimate of drug-likeness (QED) is 0.891. The van der Waals surface area contributed by atoms with Gasteiger partial charge in [0.1, 0.15) is 5.82 Å². The summed E-state index contributed by atoms with van der Waals surface area (Å²) < 4.78 is 18.7. The van der Waals surface area contributed by atoms with Crippen LogP contribution in [0.5, 0.6) is 0 Å². The number of piperidine rings is 1. The third kappa shape index (κ3) is 4.28. The summed E-state index contributed by atoms with van der Waals surface area (Å²) in [7, 11) is 0. The number of hydrogen-bond acceptors (Lipinski definition) is 3. The molecule has 2 saturated heterocycles. The molecule has 0 bridgehead atoms. The number of hydrogen-bond donors (Lipinski definition) is 1. The Bertz CT molecular complexity index is 646. The number of ether oxygens (including phenoxy) is 1. The lowest BCUT2D eigenvalue weighted by Crippen LogP contribution is -2.50. The number of halogens is 1. The molecule has 1 aromatic rings. The van der Waals surface area contributed by atoms with Crippen LogP contribution in [0.15, 0.2) is 18.2 Å². The maximum atomic E-state index is 13.4. The molecule has 0 spiro atoms. The normalized spacial score (nSPS) is 21.1. The summed E-state index contributed by atoms with van der Waals surface area (Å²) >= 11 is 0. The highest BCUT2D eigenvalue weighted by molar-refractivity contribution is 5.90. The second kappa shape index (κ2) is 7.82. The molecule has 1 atom stereocenters. The van der Waals surface area contributed by atoms with E-state index >= 15 is 0 Å². The van der Waals surface area contributed by atoms with Crippen molar-refractivity contribution < 1.29 is 18.7 Å². The van der Waals surface area contributed by atoms with Crippen molar-refractivity contribution >= 4 is 17.6 Å². The summed E-state index contributed by atoms with van der Waals surface area (Å²) in [5.74, 6) is -0.464. The minimum Gasteiger partial charge on any atom is -0.378 e. The molecule has 0 saturated carbocycles. The van der Waals surface area contributed by atoms with E-state index < -0.39 is 0 Å². The van der Waals surface area contributed by atoms with Crippen molar-refractivity contribution in [2.45, 2.75) is 19.8 Å². The summed E-state index contributed by atoms with van der Waals surface area (Å²) in [5, 5.41) is 2.76. The fraction of sp³-hybridized carbons (Fsp3) is 0.556. The predicted molar refractivity (Wildman–Crippen MR) is 91.9 cm³/mol. The average molecular weight is 349 g/mol. The molecule has 2 aliphatic heterocycles. The first-order valence-electron chi connectivity index (χ1n) is 8.73. The smallest absolute Gasteiger partial charge is 0.321 e. The van der Waals surface area contributed by atoms with Crippen LogP contribution >= 0.6 is 0 Å². The molecule has 25 heavy (non-hydrogen) atoms. The Morgan fingerprint density at radius 1 is 1.20 bits per heavy atom. The minimum atomic E-state index is -0.389. The van der Waals surface area contributed by atoms with Gasteiger partial charge in [-0.25, -0.2) is 9.18 Å². The molecule has 0 aliphatic carbocycles. The molecular weight excluding hydrogens is 325 g/mol. The van der Waals surface area contributed by atoms with Crippen LogP contribution in [0.4, 0.5) is 14.9 Å². The number of morpholine rings is 1. The molecule has 3 rings (SSSR count). The van der Waals surface area contributed by atoms with Gasteiger partial charge in [0, 0.05) is 31.9 Å². The number of amides is 3. The van der Waals surface area contributed by atoms with Crippen molar-refractivity contribution in [3.63, 3.8) is 0 Å². The van der Waals surface area contributed by atoms with E-state index in [1.165, 1.54) is 12.1 Å². The van der Waals surface area contributed by atoms with Crippen molar-refractivity contribution in [1.82, 2.24) is 9.80 Å². The number of carbonyl (C=O) groups excluding carboxylic acids is 2. The summed E-state index contributed by atoms with van der Waals surface area (Å²) in [6.07, 6.45) is 1.58. The van der Waals surface area contributed by atoms with Crippen LogP contribution in [0.2, 0.25) is 0 Å². The predicted octanol–water partition coefficient (Wildman–Crippen LogP) is 2.24. The van der Waals surface area contributed by atoms with Crippen LogP contribution in [0.3, 0.4) is 0 Å². The number of benzene rings is 1. The lowest BCUT2D eigenvalue weighted by atomic mass is 9.96. The van der Waals surface area contributed by atoms with E-state index in [0.717, 1.165) is 18.4 Å². The lowest BCUT2D eigenvalue weighted by molar-refractivity contribution is -0.141. The van der Waals surface area contributed by atoms with Gasteiger partial charge in [0.15, 0.2) is 0 Å². The molecule has 2 fully saturated rings. The van der Waals surface area contributed by atoms with E-state index in [0.29, 0.717) is 45.1 Å². The number of urea groups is 1. The first-order valence-corrected chi connectivity index (χ1v) is 8.73. The van der Waals surface area contributed by atoms with Gasteiger partial charge in [0.25, 0.3) is 0 Å². The molecule has 6 nitrogen and oxygen atoms in total. The van der Waals surface area contributed by atoms with Crippen LogP contribution in [0.25, 0.3) is 0 Å². The number of nitrogens with zero attached hydrogens (tertiary/aromatic N) is 2. The van der Waals surface area contributed by atoms with Gasteiger partial charge in [-0.1, -0.05) is 6.07 Å². The number of aryl methyl sites for hydroxylation is 1. The van der Waals surface area contributed by atoms with Crippen molar-refractivity contribution in [2.24, 2.45) is 5.92 Å². The highest BCUT2D eigenvalue weighted by atomic mass is 19.1. The summed E-state index contributed by atoms with van der Waals surface area (Å²) in [6.45, 7) is 5.19. The minimum absolute atomic E-state index is 0.0998. The Morgan fingerprint density at radius 3 is 2.72 bits per heavy atom. The molecule has 2 aliphatic rings. The van der Waals surface area contributed by atoms with Gasteiger partial charge in [-0.15, -0.1) is 0 Å². The van der Waals surface area contributed by atoms with Crippen LogP contribution in [0.1, 0.15) is 18.4 Å². The highest BCUT2D eigenvalue weighted by Gasteiger charge is 2.32. The number of likely N-dealkylation sites (tertiary alicyclic amines) is 1. The molecule has 1 N–H and O–H groups in total. The third-order valence-corrected chi connectivity index (χ3v) is 4.82. The first kappa shape index (κ1) is 17.7. The summed E-state index contributed by atoms with van der Waals surface area (Å²) in [6, 6.07) is 4.02. The molecule has 3 amide bonds. The van der Waals surface area contributed by atoms with Gasteiger partial charge in [-0.2, -0.15) is 0 Å². The molecule has 0 unspecified atom stereocenters. The SMILES string of the molecule is Cc1ccc(F)cc1NC(=O)N1CCC[C@@H](C(=O)N2CCOCC2)C1. The molecule has 7 heteroatoms.